The summed E-state index contributed by atoms with van der Waals surface area (Å²) in [6, 6.07) is 5.78. The number of hydrogen-bond acceptors (Lipinski definition) is 2. The summed E-state index contributed by atoms with van der Waals surface area (Å²) in [6.45, 7) is -0.463. The standard InChI is InChI=1S/C10H9F5N2O/c11-9(12,10(13,14)15)8(18)17-5-6-2-1-3-7(16)4-6/h1-4H,5,16H2,(H,17,18). The van der Waals surface area contributed by atoms with Gasteiger partial charge in [0, 0.05) is 12.2 Å². The quantitative estimate of drug-likeness (QED) is 0.651. The molecule has 0 fully saturated rings. The summed E-state index contributed by atoms with van der Waals surface area (Å²) < 4.78 is 60.6. The minimum atomic E-state index is -5.91. The number of anilines is 1. The molecule has 1 aromatic rings. The third kappa shape index (κ3) is 3.08. The molecular formula is C10H9F5N2O. The van der Waals surface area contributed by atoms with Crippen LogP contribution in [0.2, 0.25) is 0 Å². The van der Waals surface area contributed by atoms with Gasteiger partial charge in [-0.2, -0.15) is 22.0 Å². The minimum Gasteiger partial charge on any atom is -0.399 e. The molecule has 0 aliphatic heterocycles. The number of amides is 1. The second kappa shape index (κ2) is 4.79. The van der Waals surface area contributed by atoms with E-state index in [1.807, 2.05) is 0 Å². The highest BCUT2D eigenvalue weighted by Gasteiger charge is 2.63. The highest BCUT2D eigenvalue weighted by atomic mass is 19.4. The van der Waals surface area contributed by atoms with Gasteiger partial charge in [0.2, 0.25) is 0 Å². The minimum absolute atomic E-state index is 0.310. The first-order valence-corrected chi connectivity index (χ1v) is 4.72. The van der Waals surface area contributed by atoms with Crippen LogP contribution >= 0.6 is 0 Å². The predicted molar refractivity (Wildman–Crippen MR) is 53.7 cm³/mol. The fourth-order valence-electron chi connectivity index (χ4n) is 1.13. The van der Waals surface area contributed by atoms with Crippen molar-refractivity contribution in [2.45, 2.75) is 18.6 Å². The van der Waals surface area contributed by atoms with Crippen molar-refractivity contribution in [3.05, 3.63) is 29.8 Å². The highest BCUT2D eigenvalue weighted by Crippen LogP contribution is 2.35. The van der Waals surface area contributed by atoms with Crippen molar-refractivity contribution >= 4 is 11.6 Å². The molecule has 0 radical (unpaired) electrons. The van der Waals surface area contributed by atoms with Gasteiger partial charge in [-0.15, -0.1) is 0 Å². The fraction of sp³-hybridized carbons (Fsp3) is 0.300. The Labute approximate surface area is 98.8 Å². The molecule has 0 spiro atoms. The molecule has 0 aliphatic carbocycles. The Morgan fingerprint density at radius 2 is 1.83 bits per heavy atom. The van der Waals surface area contributed by atoms with Crippen LogP contribution in [0, 0.1) is 0 Å². The van der Waals surface area contributed by atoms with E-state index in [1.54, 1.807) is 0 Å². The molecule has 100 valence electrons. The summed E-state index contributed by atoms with van der Waals surface area (Å²) in [5.41, 5.74) is 6.01. The van der Waals surface area contributed by atoms with Crippen molar-refractivity contribution in [1.29, 1.82) is 0 Å². The maximum atomic E-state index is 12.5. The lowest BCUT2D eigenvalue weighted by Gasteiger charge is -2.18. The van der Waals surface area contributed by atoms with Gasteiger partial charge in [0.05, 0.1) is 0 Å². The smallest absolute Gasteiger partial charge is 0.399 e. The Morgan fingerprint density at radius 3 is 2.33 bits per heavy atom. The number of carbonyl (C=O) groups excluding carboxylic acids is 1. The molecule has 0 aromatic heterocycles. The van der Waals surface area contributed by atoms with Crippen LogP contribution in [0.15, 0.2) is 24.3 Å². The van der Waals surface area contributed by atoms with Crippen molar-refractivity contribution in [3.8, 4) is 0 Å². The summed E-state index contributed by atoms with van der Waals surface area (Å²) in [4.78, 5) is 10.8. The molecule has 0 aliphatic rings. The predicted octanol–water partition coefficient (Wildman–Crippen LogP) is 2.08. The van der Waals surface area contributed by atoms with Crippen LogP contribution in [0.5, 0.6) is 0 Å². The Balaban J connectivity index is 2.67. The van der Waals surface area contributed by atoms with Crippen LogP contribution in [-0.4, -0.2) is 18.0 Å². The number of nitrogens with two attached hydrogens (primary N) is 1. The summed E-state index contributed by atoms with van der Waals surface area (Å²) in [5, 5.41) is 1.51. The number of carbonyl (C=O) groups is 1. The van der Waals surface area contributed by atoms with Crippen LogP contribution in [-0.2, 0) is 11.3 Å². The molecule has 1 rings (SSSR count). The maximum Gasteiger partial charge on any atom is 0.463 e. The van der Waals surface area contributed by atoms with E-state index in [4.69, 9.17) is 5.73 Å². The van der Waals surface area contributed by atoms with E-state index in [1.165, 1.54) is 29.6 Å². The Morgan fingerprint density at radius 1 is 1.22 bits per heavy atom. The van der Waals surface area contributed by atoms with Crippen LogP contribution in [0.4, 0.5) is 27.6 Å². The third-order valence-corrected chi connectivity index (χ3v) is 2.05. The molecule has 18 heavy (non-hydrogen) atoms. The summed E-state index contributed by atoms with van der Waals surface area (Å²) in [7, 11) is 0. The number of hydrogen-bond donors (Lipinski definition) is 2. The normalized spacial score (nSPS) is 12.3. The van der Waals surface area contributed by atoms with E-state index in [-0.39, 0.29) is 0 Å². The van der Waals surface area contributed by atoms with Gasteiger partial charge < -0.3 is 11.1 Å². The zero-order valence-electron chi connectivity index (χ0n) is 8.89. The molecular weight excluding hydrogens is 259 g/mol. The Hall–Kier alpha value is -1.86. The number of alkyl halides is 5. The second-order valence-electron chi connectivity index (χ2n) is 3.50. The molecule has 1 aromatic carbocycles. The molecule has 0 saturated heterocycles. The second-order valence-corrected chi connectivity index (χ2v) is 3.50. The van der Waals surface area contributed by atoms with Gasteiger partial charge in [0.15, 0.2) is 0 Å². The molecule has 0 heterocycles. The zero-order valence-corrected chi connectivity index (χ0v) is 8.89. The largest absolute Gasteiger partial charge is 0.463 e. The maximum absolute atomic E-state index is 12.5. The molecule has 8 heteroatoms. The Bertz CT molecular complexity index is 444. The average molecular weight is 268 g/mol. The fourth-order valence-corrected chi connectivity index (χ4v) is 1.13. The molecule has 0 saturated carbocycles. The zero-order chi connectivity index (χ0) is 14.0. The first kappa shape index (κ1) is 14.2. The summed E-state index contributed by atoms with van der Waals surface area (Å²) >= 11 is 0. The van der Waals surface area contributed by atoms with E-state index in [0.29, 0.717) is 11.3 Å². The summed E-state index contributed by atoms with van der Waals surface area (Å²) in [5.74, 6) is -7.80. The number of nitrogen functional groups attached to an aromatic ring is 1. The van der Waals surface area contributed by atoms with Gasteiger partial charge >= 0.3 is 18.0 Å². The first-order chi connectivity index (χ1) is 8.14. The molecule has 0 bridgehead atoms. The van der Waals surface area contributed by atoms with E-state index in [0.717, 1.165) is 0 Å². The lowest BCUT2D eigenvalue weighted by atomic mass is 10.2. The lowest BCUT2D eigenvalue weighted by Crippen LogP contribution is -2.50. The topological polar surface area (TPSA) is 55.1 Å². The SMILES string of the molecule is Nc1cccc(CNC(=O)C(F)(F)C(F)(F)F)c1. The molecule has 0 unspecified atom stereocenters. The van der Waals surface area contributed by atoms with E-state index in [9.17, 15) is 26.7 Å². The average Bonchev–Trinajstić information content (AvgIpc) is 2.24. The van der Waals surface area contributed by atoms with Crippen LogP contribution in [0.1, 0.15) is 5.56 Å². The van der Waals surface area contributed by atoms with Crippen molar-refractivity contribution in [2.75, 3.05) is 5.73 Å². The number of benzene rings is 1. The lowest BCUT2D eigenvalue weighted by molar-refractivity contribution is -0.269. The van der Waals surface area contributed by atoms with Gasteiger partial charge in [-0.25, -0.2) is 0 Å². The Kier molecular flexibility index (Phi) is 3.78. The first-order valence-electron chi connectivity index (χ1n) is 4.72. The van der Waals surface area contributed by atoms with Gasteiger partial charge in [0.25, 0.3) is 0 Å². The van der Waals surface area contributed by atoms with Crippen molar-refractivity contribution in [1.82, 2.24) is 5.32 Å². The number of rotatable bonds is 3. The van der Waals surface area contributed by atoms with Crippen LogP contribution in [0.3, 0.4) is 0 Å². The number of nitrogens with one attached hydrogen (secondary N) is 1. The van der Waals surface area contributed by atoms with E-state index in [2.05, 4.69) is 0 Å². The summed E-state index contributed by atoms with van der Waals surface area (Å²) in [6.07, 6.45) is -5.91. The van der Waals surface area contributed by atoms with E-state index >= 15 is 0 Å². The molecule has 3 nitrogen and oxygen atoms in total. The highest BCUT2D eigenvalue weighted by molar-refractivity contribution is 5.84. The molecule has 0 atom stereocenters. The van der Waals surface area contributed by atoms with Gasteiger partial charge in [-0.05, 0) is 17.7 Å². The van der Waals surface area contributed by atoms with Gasteiger partial charge in [-0.1, -0.05) is 12.1 Å². The van der Waals surface area contributed by atoms with Gasteiger partial charge in [0.1, 0.15) is 0 Å². The molecule has 3 N–H and O–H groups in total. The van der Waals surface area contributed by atoms with Crippen molar-refractivity contribution in [3.63, 3.8) is 0 Å². The van der Waals surface area contributed by atoms with Crippen LogP contribution < -0.4 is 11.1 Å². The number of halogens is 5. The van der Waals surface area contributed by atoms with Crippen molar-refractivity contribution in [2.24, 2.45) is 0 Å². The van der Waals surface area contributed by atoms with Crippen LogP contribution in [0.25, 0.3) is 0 Å². The molecule has 1 amide bonds. The third-order valence-electron chi connectivity index (χ3n) is 2.05. The monoisotopic (exact) mass is 268 g/mol. The van der Waals surface area contributed by atoms with Crippen molar-refractivity contribution < 1.29 is 26.7 Å². The van der Waals surface area contributed by atoms with Gasteiger partial charge in [-0.3, -0.25) is 4.79 Å². The van der Waals surface area contributed by atoms with E-state index < -0.39 is 24.6 Å².